The van der Waals surface area contributed by atoms with E-state index in [9.17, 15) is 9.90 Å². The summed E-state index contributed by atoms with van der Waals surface area (Å²) in [5.74, 6) is 0.971. The first-order valence-electron chi connectivity index (χ1n) is 9.90. The summed E-state index contributed by atoms with van der Waals surface area (Å²) in [5.41, 5.74) is 2.56. The van der Waals surface area contributed by atoms with Gasteiger partial charge in [-0.1, -0.05) is 36.0 Å². The molecule has 6 heteroatoms. The standard InChI is InChI=1S/C23H28N2O3S/c1-23(2,3)28-21(27)16-25-20-10-5-4-9-19(20)24-22(25)29-15-7-6-8-17-11-13-18(26)14-12-17/h4-5,9-14,26H,6-8,15-16H2,1-3H3. The maximum absolute atomic E-state index is 12.4. The average Bonchev–Trinajstić information content (AvgIpc) is 2.99. The number of esters is 1. The Labute approximate surface area is 176 Å². The van der Waals surface area contributed by atoms with Crippen molar-refractivity contribution in [1.82, 2.24) is 9.55 Å². The number of hydrogen-bond donors (Lipinski definition) is 1. The van der Waals surface area contributed by atoms with Gasteiger partial charge in [-0.25, -0.2) is 4.98 Å². The predicted octanol–water partition coefficient (Wildman–Crippen LogP) is 5.20. The molecule has 0 radical (unpaired) electrons. The van der Waals surface area contributed by atoms with Crippen molar-refractivity contribution in [1.29, 1.82) is 0 Å². The summed E-state index contributed by atoms with van der Waals surface area (Å²) in [5, 5.41) is 10.2. The highest BCUT2D eigenvalue weighted by Gasteiger charge is 2.19. The molecule has 0 aliphatic heterocycles. The third-order valence-corrected chi connectivity index (χ3v) is 5.42. The molecule has 5 nitrogen and oxygen atoms in total. The SMILES string of the molecule is CC(C)(C)OC(=O)Cn1c(SCCCCc2ccc(O)cc2)nc2ccccc21. The van der Waals surface area contributed by atoms with Crippen LogP contribution in [0.4, 0.5) is 0 Å². The van der Waals surface area contributed by atoms with Gasteiger partial charge in [0.2, 0.25) is 0 Å². The van der Waals surface area contributed by atoms with Gasteiger partial charge in [-0.2, -0.15) is 0 Å². The normalized spacial score (nSPS) is 11.7. The lowest BCUT2D eigenvalue weighted by Crippen LogP contribution is -2.26. The van der Waals surface area contributed by atoms with Gasteiger partial charge < -0.3 is 14.4 Å². The minimum absolute atomic E-state index is 0.160. The van der Waals surface area contributed by atoms with E-state index in [0.717, 1.165) is 41.2 Å². The van der Waals surface area contributed by atoms with Crippen LogP contribution in [-0.4, -0.2) is 32.0 Å². The highest BCUT2D eigenvalue weighted by molar-refractivity contribution is 7.99. The van der Waals surface area contributed by atoms with Crippen LogP contribution in [0.15, 0.2) is 53.7 Å². The summed E-state index contributed by atoms with van der Waals surface area (Å²) < 4.78 is 7.45. The second-order valence-electron chi connectivity index (χ2n) is 8.03. The maximum atomic E-state index is 12.4. The van der Waals surface area contributed by atoms with Gasteiger partial charge >= 0.3 is 5.97 Å². The van der Waals surface area contributed by atoms with Crippen molar-refractivity contribution in [2.75, 3.05) is 5.75 Å². The van der Waals surface area contributed by atoms with E-state index in [4.69, 9.17) is 9.72 Å². The van der Waals surface area contributed by atoms with Crippen LogP contribution in [0.1, 0.15) is 39.2 Å². The lowest BCUT2D eigenvalue weighted by molar-refractivity contribution is -0.155. The molecule has 0 aliphatic carbocycles. The number of phenols is 1. The van der Waals surface area contributed by atoms with E-state index in [2.05, 4.69) is 0 Å². The van der Waals surface area contributed by atoms with Crippen LogP contribution in [0, 0.1) is 0 Å². The fourth-order valence-corrected chi connectivity index (χ4v) is 4.09. The molecule has 0 fully saturated rings. The first-order chi connectivity index (χ1) is 13.8. The van der Waals surface area contributed by atoms with Crippen LogP contribution in [0.3, 0.4) is 0 Å². The molecule has 1 heterocycles. The van der Waals surface area contributed by atoms with Gasteiger partial charge in [-0.3, -0.25) is 4.79 Å². The van der Waals surface area contributed by atoms with E-state index in [1.807, 2.05) is 61.7 Å². The monoisotopic (exact) mass is 412 g/mol. The Hall–Kier alpha value is -2.47. The quantitative estimate of drug-likeness (QED) is 0.313. The van der Waals surface area contributed by atoms with Gasteiger partial charge in [0.15, 0.2) is 5.16 Å². The number of carbonyl (C=O) groups is 1. The predicted molar refractivity (Wildman–Crippen MR) is 117 cm³/mol. The number of imidazole rings is 1. The maximum Gasteiger partial charge on any atom is 0.326 e. The summed E-state index contributed by atoms with van der Waals surface area (Å²) in [6.45, 7) is 5.79. The summed E-state index contributed by atoms with van der Waals surface area (Å²) in [6.07, 6.45) is 3.08. The van der Waals surface area contributed by atoms with Gasteiger partial charge in [-0.05, 0) is 69.9 Å². The number of benzene rings is 2. The number of aryl methyl sites for hydroxylation is 1. The number of unbranched alkanes of at least 4 members (excludes halogenated alkanes) is 1. The molecule has 1 N–H and O–H groups in total. The molecule has 0 atom stereocenters. The number of aromatic nitrogens is 2. The Morgan fingerprint density at radius 1 is 1.10 bits per heavy atom. The Morgan fingerprint density at radius 2 is 1.83 bits per heavy atom. The molecule has 29 heavy (non-hydrogen) atoms. The second kappa shape index (κ2) is 9.35. The molecule has 0 bridgehead atoms. The Balaban J connectivity index is 1.60. The van der Waals surface area contributed by atoms with Crippen molar-refractivity contribution in [3.8, 4) is 5.75 Å². The molecule has 0 amide bonds. The van der Waals surface area contributed by atoms with Crippen LogP contribution < -0.4 is 0 Å². The van der Waals surface area contributed by atoms with Crippen molar-refractivity contribution in [2.24, 2.45) is 0 Å². The van der Waals surface area contributed by atoms with E-state index in [1.165, 1.54) is 5.56 Å². The third kappa shape index (κ3) is 6.26. The molecule has 154 valence electrons. The fourth-order valence-electron chi connectivity index (χ4n) is 3.08. The molecule has 3 aromatic rings. The summed E-state index contributed by atoms with van der Waals surface area (Å²) in [7, 11) is 0. The van der Waals surface area contributed by atoms with Crippen LogP contribution >= 0.6 is 11.8 Å². The number of phenolic OH excluding ortho intramolecular Hbond substituents is 1. The van der Waals surface area contributed by atoms with E-state index in [-0.39, 0.29) is 12.5 Å². The first kappa shape index (κ1) is 21.2. The van der Waals surface area contributed by atoms with Gasteiger partial charge in [0.05, 0.1) is 11.0 Å². The molecule has 3 rings (SSSR count). The Bertz CT molecular complexity index is 958. The van der Waals surface area contributed by atoms with Crippen molar-refractivity contribution in [3.63, 3.8) is 0 Å². The van der Waals surface area contributed by atoms with Crippen molar-refractivity contribution < 1.29 is 14.6 Å². The van der Waals surface area contributed by atoms with Crippen molar-refractivity contribution in [2.45, 2.75) is 57.3 Å². The Morgan fingerprint density at radius 3 is 2.55 bits per heavy atom. The first-order valence-corrected chi connectivity index (χ1v) is 10.9. The molecule has 2 aromatic carbocycles. The van der Waals surface area contributed by atoms with Gasteiger partial charge in [0.1, 0.15) is 17.9 Å². The number of rotatable bonds is 8. The molecular formula is C23H28N2O3S. The number of hydrogen-bond acceptors (Lipinski definition) is 5. The number of ether oxygens (including phenoxy) is 1. The van der Waals surface area contributed by atoms with E-state index in [1.54, 1.807) is 23.9 Å². The fraction of sp³-hybridized carbons (Fsp3) is 0.391. The van der Waals surface area contributed by atoms with Gasteiger partial charge in [0.25, 0.3) is 0 Å². The Kier molecular flexibility index (Phi) is 6.85. The topological polar surface area (TPSA) is 64.3 Å². The number of aromatic hydroxyl groups is 1. The minimum Gasteiger partial charge on any atom is -0.508 e. The molecule has 0 spiro atoms. The van der Waals surface area contributed by atoms with Crippen molar-refractivity contribution in [3.05, 3.63) is 54.1 Å². The minimum atomic E-state index is -0.505. The number of para-hydroxylation sites is 2. The molecular weight excluding hydrogens is 384 g/mol. The van der Waals surface area contributed by atoms with E-state index >= 15 is 0 Å². The molecule has 0 unspecified atom stereocenters. The summed E-state index contributed by atoms with van der Waals surface area (Å²) in [4.78, 5) is 17.1. The zero-order valence-corrected chi connectivity index (χ0v) is 18.0. The second-order valence-corrected chi connectivity index (χ2v) is 9.09. The highest BCUT2D eigenvalue weighted by atomic mass is 32.2. The van der Waals surface area contributed by atoms with Crippen LogP contribution in [0.5, 0.6) is 5.75 Å². The zero-order valence-electron chi connectivity index (χ0n) is 17.2. The van der Waals surface area contributed by atoms with Gasteiger partial charge in [0, 0.05) is 5.75 Å². The lowest BCUT2D eigenvalue weighted by atomic mass is 10.1. The number of nitrogens with zero attached hydrogens (tertiary/aromatic N) is 2. The number of carbonyl (C=O) groups excluding carboxylic acids is 1. The molecule has 1 aromatic heterocycles. The van der Waals surface area contributed by atoms with Crippen molar-refractivity contribution >= 4 is 28.8 Å². The van der Waals surface area contributed by atoms with Crippen LogP contribution in [0.2, 0.25) is 0 Å². The average molecular weight is 413 g/mol. The van der Waals surface area contributed by atoms with E-state index in [0.29, 0.717) is 5.75 Å². The summed E-state index contributed by atoms with van der Waals surface area (Å²) in [6, 6.07) is 15.2. The van der Waals surface area contributed by atoms with E-state index < -0.39 is 5.60 Å². The highest BCUT2D eigenvalue weighted by Crippen LogP contribution is 2.25. The number of thioether (sulfide) groups is 1. The summed E-state index contributed by atoms with van der Waals surface area (Å²) >= 11 is 1.67. The molecule has 0 saturated carbocycles. The molecule has 0 aliphatic rings. The zero-order chi connectivity index (χ0) is 20.9. The number of fused-ring (bicyclic) bond motifs is 1. The smallest absolute Gasteiger partial charge is 0.326 e. The van der Waals surface area contributed by atoms with Crippen LogP contribution in [-0.2, 0) is 22.5 Å². The molecule has 0 saturated heterocycles. The van der Waals surface area contributed by atoms with Gasteiger partial charge in [-0.15, -0.1) is 0 Å². The van der Waals surface area contributed by atoms with Crippen LogP contribution in [0.25, 0.3) is 11.0 Å². The lowest BCUT2D eigenvalue weighted by Gasteiger charge is -2.20. The third-order valence-electron chi connectivity index (χ3n) is 4.35. The largest absolute Gasteiger partial charge is 0.508 e.